The molecule has 1 aromatic rings. The fourth-order valence-electron chi connectivity index (χ4n) is 1.43. The molecule has 0 saturated carbocycles. The number of sulfone groups is 1. The summed E-state index contributed by atoms with van der Waals surface area (Å²) in [6, 6.07) is 4.99. The largest absolute Gasteiger partial charge is 0.398 e. The first-order valence-corrected chi connectivity index (χ1v) is 6.53. The van der Waals surface area contributed by atoms with Crippen LogP contribution in [0.4, 0.5) is 5.69 Å². The zero-order valence-corrected chi connectivity index (χ0v) is 10.5. The topological polar surface area (TPSA) is 69.4 Å². The van der Waals surface area contributed by atoms with Crippen LogP contribution in [0.5, 0.6) is 0 Å². The van der Waals surface area contributed by atoms with Crippen LogP contribution in [0.1, 0.15) is 12.5 Å². The van der Waals surface area contributed by atoms with Gasteiger partial charge in [-0.15, -0.1) is 0 Å². The first-order valence-electron chi connectivity index (χ1n) is 4.98. The van der Waals surface area contributed by atoms with Gasteiger partial charge in [-0.05, 0) is 31.5 Å². The number of nitrogen functional groups attached to an aromatic ring is 1. The van der Waals surface area contributed by atoms with Crippen LogP contribution in [-0.4, -0.2) is 27.4 Å². The third-order valence-electron chi connectivity index (χ3n) is 2.41. The van der Waals surface area contributed by atoms with Crippen molar-refractivity contribution in [2.75, 3.05) is 19.5 Å². The van der Waals surface area contributed by atoms with Gasteiger partial charge in [0.1, 0.15) is 0 Å². The number of aryl methyl sites for hydroxylation is 1. The van der Waals surface area contributed by atoms with E-state index in [-0.39, 0.29) is 17.2 Å². The maximum atomic E-state index is 12.1. The minimum atomic E-state index is -3.40. The Balaban J connectivity index is 3.21. The minimum absolute atomic E-state index is 0.162. The normalized spacial score (nSPS) is 13.7. The summed E-state index contributed by atoms with van der Waals surface area (Å²) in [7, 11) is -1.93. The van der Waals surface area contributed by atoms with E-state index >= 15 is 0 Å². The minimum Gasteiger partial charge on any atom is -0.398 e. The maximum Gasteiger partial charge on any atom is 0.185 e. The van der Waals surface area contributed by atoms with E-state index in [2.05, 4.69) is 0 Å². The molecule has 0 bridgehead atoms. The van der Waals surface area contributed by atoms with Crippen LogP contribution >= 0.6 is 0 Å². The molecule has 1 rings (SSSR count). The summed E-state index contributed by atoms with van der Waals surface area (Å²) >= 11 is 0. The van der Waals surface area contributed by atoms with E-state index in [9.17, 15) is 8.42 Å². The second-order valence-corrected chi connectivity index (χ2v) is 6.19. The van der Waals surface area contributed by atoms with Crippen molar-refractivity contribution < 1.29 is 13.2 Å². The number of anilines is 1. The Morgan fingerprint density at radius 1 is 1.44 bits per heavy atom. The lowest BCUT2D eigenvalue weighted by Crippen LogP contribution is -2.23. The number of hydrogen-bond acceptors (Lipinski definition) is 4. The van der Waals surface area contributed by atoms with Crippen LogP contribution in [0, 0.1) is 6.92 Å². The molecule has 4 nitrogen and oxygen atoms in total. The maximum absolute atomic E-state index is 12.1. The highest BCUT2D eigenvalue weighted by atomic mass is 32.2. The quantitative estimate of drug-likeness (QED) is 0.811. The van der Waals surface area contributed by atoms with Gasteiger partial charge in [0.25, 0.3) is 0 Å². The SMILES string of the molecule is COCC(C)S(=O)(=O)c1cc(C)ccc1N. The Morgan fingerprint density at radius 2 is 2.06 bits per heavy atom. The molecule has 1 atom stereocenters. The van der Waals surface area contributed by atoms with Crippen LogP contribution in [-0.2, 0) is 14.6 Å². The molecule has 0 aromatic heterocycles. The van der Waals surface area contributed by atoms with Gasteiger partial charge in [-0.25, -0.2) is 8.42 Å². The van der Waals surface area contributed by atoms with Crippen LogP contribution in [0.2, 0.25) is 0 Å². The average Bonchev–Trinajstić information content (AvgIpc) is 2.22. The molecule has 16 heavy (non-hydrogen) atoms. The summed E-state index contributed by atoms with van der Waals surface area (Å²) in [5.74, 6) is 0. The molecule has 1 unspecified atom stereocenters. The van der Waals surface area contributed by atoms with Gasteiger partial charge >= 0.3 is 0 Å². The predicted molar refractivity (Wildman–Crippen MR) is 64.1 cm³/mol. The van der Waals surface area contributed by atoms with Gasteiger partial charge in [-0.1, -0.05) is 6.07 Å². The number of hydrogen-bond donors (Lipinski definition) is 1. The first-order chi connectivity index (χ1) is 7.39. The molecule has 0 spiro atoms. The molecule has 1 aromatic carbocycles. The van der Waals surface area contributed by atoms with Gasteiger partial charge in [0.2, 0.25) is 0 Å². The van der Waals surface area contributed by atoms with Crippen molar-refractivity contribution in [1.82, 2.24) is 0 Å². The number of nitrogens with two attached hydrogens (primary N) is 1. The fraction of sp³-hybridized carbons (Fsp3) is 0.455. The standard InChI is InChI=1S/C11H17NO3S/c1-8-4-5-10(12)11(6-8)16(13,14)9(2)7-15-3/h4-6,9H,7,12H2,1-3H3. The van der Waals surface area contributed by atoms with Crippen molar-refractivity contribution in [3.05, 3.63) is 23.8 Å². The lowest BCUT2D eigenvalue weighted by Gasteiger charge is -2.14. The van der Waals surface area contributed by atoms with Crippen molar-refractivity contribution in [3.8, 4) is 0 Å². The Bertz CT molecular complexity index is 468. The second-order valence-electron chi connectivity index (χ2n) is 3.85. The van der Waals surface area contributed by atoms with Crippen LogP contribution in [0.3, 0.4) is 0 Å². The summed E-state index contributed by atoms with van der Waals surface area (Å²) in [4.78, 5) is 0.192. The van der Waals surface area contributed by atoms with E-state index < -0.39 is 15.1 Å². The van der Waals surface area contributed by atoms with Gasteiger partial charge in [0, 0.05) is 7.11 Å². The third kappa shape index (κ3) is 2.54. The van der Waals surface area contributed by atoms with Gasteiger partial charge < -0.3 is 10.5 Å². The first kappa shape index (κ1) is 13.0. The summed E-state index contributed by atoms with van der Waals surface area (Å²) in [6.45, 7) is 3.61. The van der Waals surface area contributed by atoms with Crippen molar-refractivity contribution >= 4 is 15.5 Å². The molecular weight excluding hydrogens is 226 g/mol. The number of ether oxygens (including phenoxy) is 1. The molecule has 0 aliphatic rings. The van der Waals surface area contributed by atoms with E-state index in [0.29, 0.717) is 0 Å². The molecule has 0 fully saturated rings. The average molecular weight is 243 g/mol. The summed E-state index contributed by atoms with van der Waals surface area (Å²) in [5.41, 5.74) is 6.85. The third-order valence-corrected chi connectivity index (χ3v) is 4.57. The molecule has 0 amide bonds. The van der Waals surface area contributed by atoms with Gasteiger partial charge in [0.15, 0.2) is 9.84 Å². The van der Waals surface area contributed by atoms with Crippen molar-refractivity contribution in [2.45, 2.75) is 24.0 Å². The molecule has 0 aliphatic heterocycles. The number of methoxy groups -OCH3 is 1. The summed E-state index contributed by atoms with van der Waals surface area (Å²) < 4.78 is 29.1. The highest BCUT2D eigenvalue weighted by Crippen LogP contribution is 2.23. The Labute approximate surface area is 96.3 Å². The molecule has 90 valence electrons. The molecule has 2 N–H and O–H groups in total. The van der Waals surface area contributed by atoms with Crippen molar-refractivity contribution in [3.63, 3.8) is 0 Å². The second kappa shape index (κ2) is 4.84. The predicted octanol–water partition coefficient (Wildman–Crippen LogP) is 1.39. The van der Waals surface area contributed by atoms with E-state index in [4.69, 9.17) is 10.5 Å². The monoisotopic (exact) mass is 243 g/mol. The summed E-state index contributed by atoms with van der Waals surface area (Å²) in [6.07, 6.45) is 0. The molecule has 0 radical (unpaired) electrons. The van der Waals surface area contributed by atoms with E-state index in [1.807, 2.05) is 6.92 Å². The lowest BCUT2D eigenvalue weighted by atomic mass is 10.2. The molecule has 0 heterocycles. The Hall–Kier alpha value is -1.07. The van der Waals surface area contributed by atoms with E-state index in [0.717, 1.165) is 5.56 Å². The molecule has 0 saturated heterocycles. The van der Waals surface area contributed by atoms with Gasteiger partial charge in [-0.2, -0.15) is 0 Å². The van der Waals surface area contributed by atoms with Crippen molar-refractivity contribution in [2.24, 2.45) is 0 Å². The smallest absolute Gasteiger partial charge is 0.185 e. The van der Waals surface area contributed by atoms with Crippen LogP contribution in [0.15, 0.2) is 23.1 Å². The highest BCUT2D eigenvalue weighted by Gasteiger charge is 2.25. The van der Waals surface area contributed by atoms with Crippen LogP contribution in [0.25, 0.3) is 0 Å². The summed E-state index contributed by atoms with van der Waals surface area (Å²) in [5, 5.41) is -0.596. The lowest BCUT2D eigenvalue weighted by molar-refractivity contribution is 0.200. The molecule has 5 heteroatoms. The van der Waals surface area contributed by atoms with Crippen LogP contribution < -0.4 is 5.73 Å². The number of benzene rings is 1. The Morgan fingerprint density at radius 3 is 2.62 bits per heavy atom. The fourth-order valence-corrected chi connectivity index (χ4v) is 2.92. The van der Waals surface area contributed by atoms with E-state index in [1.165, 1.54) is 7.11 Å². The zero-order valence-electron chi connectivity index (χ0n) is 9.73. The Kier molecular flexibility index (Phi) is 3.93. The van der Waals surface area contributed by atoms with Crippen molar-refractivity contribution in [1.29, 1.82) is 0 Å². The highest BCUT2D eigenvalue weighted by molar-refractivity contribution is 7.92. The zero-order chi connectivity index (χ0) is 12.3. The van der Waals surface area contributed by atoms with E-state index in [1.54, 1.807) is 25.1 Å². The molecular formula is C11H17NO3S. The number of rotatable bonds is 4. The van der Waals surface area contributed by atoms with Gasteiger partial charge in [0.05, 0.1) is 22.4 Å². The molecule has 0 aliphatic carbocycles. The van der Waals surface area contributed by atoms with Gasteiger partial charge in [-0.3, -0.25) is 0 Å².